The third-order valence-corrected chi connectivity index (χ3v) is 14.2. The van der Waals surface area contributed by atoms with Crippen LogP contribution in [0.1, 0.15) is 90.1 Å². The van der Waals surface area contributed by atoms with Crippen molar-refractivity contribution in [2.24, 2.45) is 0 Å². The van der Waals surface area contributed by atoms with E-state index in [4.69, 9.17) is 9.72 Å². The van der Waals surface area contributed by atoms with E-state index in [0.29, 0.717) is 20.7 Å². The van der Waals surface area contributed by atoms with Crippen molar-refractivity contribution in [3.8, 4) is 39.6 Å². The first kappa shape index (κ1) is 45.7. The maximum Gasteiger partial charge on any atom is 0.225 e. The van der Waals surface area contributed by atoms with E-state index >= 15 is 0 Å². The summed E-state index contributed by atoms with van der Waals surface area (Å²) in [5.41, 5.74) is 18.1. The first-order valence-corrected chi connectivity index (χ1v) is 23.6. The molecule has 2 aromatic heterocycles. The molecule has 0 spiro atoms. The van der Waals surface area contributed by atoms with Crippen LogP contribution >= 0.6 is 0 Å². The molecule has 68 heavy (non-hydrogen) atoms. The van der Waals surface area contributed by atoms with Crippen LogP contribution in [0.4, 0.5) is 22.7 Å². The molecule has 0 amide bonds. The molecular formula is C62H59N4OPt-. The van der Waals surface area contributed by atoms with Crippen molar-refractivity contribution in [3.05, 3.63) is 198 Å². The first-order chi connectivity index (χ1) is 31.9. The number of hydrogen-bond acceptors (Lipinski definition) is 2. The van der Waals surface area contributed by atoms with Gasteiger partial charge in [0.2, 0.25) is 11.4 Å². The van der Waals surface area contributed by atoms with Crippen LogP contribution in [-0.2, 0) is 37.3 Å². The van der Waals surface area contributed by atoms with Gasteiger partial charge >= 0.3 is 0 Å². The molecule has 2 aliphatic rings. The van der Waals surface area contributed by atoms with Gasteiger partial charge in [-0.15, -0.1) is 29.7 Å². The molecular weight excluding hydrogens is 1010 g/mol. The number of quaternary nitrogens is 2. The van der Waals surface area contributed by atoms with E-state index in [1.807, 2.05) is 18.3 Å². The Morgan fingerprint density at radius 2 is 1.21 bits per heavy atom. The fourth-order valence-electron chi connectivity index (χ4n) is 10.5. The number of para-hydroxylation sites is 1. The SMILES string of the molecule is Cc1cc(C(C)(C)C)cc(C)c1-c1ccnc(-n2c3[c-]c(Oc4[c-]c([N+]56[CH-][N@+]5(c5cc(-c7ccccc7)cc(C(C)(C)C)c5)c5ccc(C(C)(C)C)cc56)ccc4)ccc3c3ccccc32)c1.[Pt]. The summed E-state index contributed by atoms with van der Waals surface area (Å²) in [4.78, 5) is 5.00. The molecule has 2 atom stereocenters. The number of nitrogens with zero attached hydrogens (tertiary/aromatic N) is 4. The Morgan fingerprint density at radius 1 is 0.529 bits per heavy atom. The van der Waals surface area contributed by atoms with E-state index in [0.717, 1.165) is 38.9 Å². The van der Waals surface area contributed by atoms with Gasteiger partial charge in [0.1, 0.15) is 5.82 Å². The molecule has 1 fully saturated rings. The van der Waals surface area contributed by atoms with Crippen LogP contribution in [0.25, 0.3) is 49.9 Å². The predicted molar refractivity (Wildman–Crippen MR) is 279 cm³/mol. The average molecular weight is 1070 g/mol. The topological polar surface area (TPSA) is 27.1 Å². The molecule has 0 radical (unpaired) electrons. The van der Waals surface area contributed by atoms with E-state index in [-0.39, 0.29) is 37.3 Å². The standard InChI is InChI=1S/C62H59N4O.Pt/c1-40-30-46(61(6,7)8)31-41(2)59(40)43-28-29-63-58(34-43)64-54-23-16-15-22-52(54)53-26-25-51(38-55(53)64)67-50-21-17-20-48(37-50)65-39-66(65,56-27-24-45(36-57(56)65)60(3,4)5)49-33-44(42-18-13-12-14-19-42)32-47(35-49)62(9,10)11;/h12-36,39H,1-11H3;/q-1;/t65?,66-;/m0./s1. The minimum atomic E-state index is -0.0498. The van der Waals surface area contributed by atoms with Gasteiger partial charge in [0.15, 0.2) is 12.4 Å². The van der Waals surface area contributed by atoms with Crippen molar-refractivity contribution in [1.29, 1.82) is 0 Å². The van der Waals surface area contributed by atoms with Gasteiger partial charge in [-0.1, -0.05) is 147 Å². The van der Waals surface area contributed by atoms with Crippen molar-refractivity contribution >= 4 is 44.6 Å². The van der Waals surface area contributed by atoms with Crippen LogP contribution < -0.4 is 13.9 Å². The Bertz CT molecular complexity index is 3430. The quantitative estimate of drug-likeness (QED) is 0.0903. The first-order valence-electron chi connectivity index (χ1n) is 23.6. The largest absolute Gasteiger partial charge is 0.509 e. The zero-order valence-electron chi connectivity index (χ0n) is 41.0. The second kappa shape index (κ2) is 16.0. The normalized spacial score (nSPS) is 17.6. The van der Waals surface area contributed by atoms with Gasteiger partial charge in [0.05, 0.1) is 5.69 Å². The minimum Gasteiger partial charge on any atom is -0.509 e. The van der Waals surface area contributed by atoms with Gasteiger partial charge in [0.25, 0.3) is 0 Å². The summed E-state index contributed by atoms with van der Waals surface area (Å²) in [6.07, 6.45) is 1.93. The Hall–Kier alpha value is -6.10. The molecule has 7 aromatic carbocycles. The van der Waals surface area contributed by atoms with Gasteiger partial charge in [-0.05, 0) is 104 Å². The molecule has 0 bridgehead atoms. The van der Waals surface area contributed by atoms with Gasteiger partial charge in [-0.2, -0.15) is 16.7 Å². The summed E-state index contributed by atoms with van der Waals surface area (Å²) in [6.45, 7) is 27.5. The third-order valence-electron chi connectivity index (χ3n) is 14.2. The smallest absolute Gasteiger partial charge is 0.225 e. The van der Waals surface area contributed by atoms with Crippen LogP contribution in [0.3, 0.4) is 0 Å². The number of aromatic nitrogens is 2. The zero-order chi connectivity index (χ0) is 46.8. The summed E-state index contributed by atoms with van der Waals surface area (Å²) in [5.74, 6) is 2.09. The van der Waals surface area contributed by atoms with Crippen molar-refractivity contribution in [2.75, 3.05) is 0 Å². The summed E-state index contributed by atoms with van der Waals surface area (Å²) in [6, 6.07) is 60.6. The number of rotatable bonds is 7. The fourth-order valence-corrected chi connectivity index (χ4v) is 10.5. The summed E-state index contributed by atoms with van der Waals surface area (Å²) >= 11 is 0. The molecule has 4 heterocycles. The second-order valence-electron chi connectivity index (χ2n) is 21.9. The molecule has 6 heteroatoms. The molecule has 2 aliphatic heterocycles. The van der Waals surface area contributed by atoms with Crippen molar-refractivity contribution in [1.82, 2.24) is 18.7 Å². The monoisotopic (exact) mass is 1070 g/mol. The Labute approximate surface area is 417 Å². The van der Waals surface area contributed by atoms with Gasteiger partial charge in [-0.3, -0.25) is 0 Å². The maximum absolute atomic E-state index is 6.83. The summed E-state index contributed by atoms with van der Waals surface area (Å²) in [7, 11) is 0. The van der Waals surface area contributed by atoms with Crippen LogP contribution in [0.5, 0.6) is 11.5 Å². The van der Waals surface area contributed by atoms with Crippen molar-refractivity contribution in [2.45, 2.75) is 92.4 Å². The number of aryl methyl sites for hydroxylation is 2. The minimum absolute atomic E-state index is 0. The molecule has 5 nitrogen and oxygen atoms in total. The molecule has 11 rings (SSSR count). The predicted octanol–water partition coefficient (Wildman–Crippen LogP) is 16.8. The molecule has 0 N–H and O–H groups in total. The second-order valence-corrected chi connectivity index (χ2v) is 21.9. The average Bonchev–Trinajstić information content (AvgIpc) is 3.79. The number of fused-ring (bicyclic) bond motifs is 7. The Kier molecular flexibility index (Phi) is 10.7. The van der Waals surface area contributed by atoms with Gasteiger partial charge in [-0.25, -0.2) is 9.58 Å². The zero-order valence-corrected chi connectivity index (χ0v) is 43.3. The Balaban J connectivity index is 0.00000539. The number of pyridine rings is 1. The fraction of sp³-hybridized carbons (Fsp3) is 0.226. The van der Waals surface area contributed by atoms with Gasteiger partial charge < -0.3 is 9.30 Å². The van der Waals surface area contributed by atoms with Crippen molar-refractivity contribution < 1.29 is 25.8 Å². The Morgan fingerprint density at radius 3 is 1.93 bits per heavy atom. The molecule has 344 valence electrons. The van der Waals surface area contributed by atoms with E-state index in [1.54, 1.807) is 0 Å². The number of hydrogen-bond donors (Lipinski definition) is 0. The van der Waals surface area contributed by atoms with Crippen LogP contribution in [0.2, 0.25) is 0 Å². The maximum atomic E-state index is 6.83. The third kappa shape index (κ3) is 7.20. The summed E-state index contributed by atoms with van der Waals surface area (Å²) < 4.78 is 10.2. The van der Waals surface area contributed by atoms with Crippen molar-refractivity contribution in [3.63, 3.8) is 0 Å². The van der Waals surface area contributed by atoms with E-state index in [2.05, 4.69) is 233 Å². The van der Waals surface area contributed by atoms with Gasteiger partial charge in [0, 0.05) is 68.5 Å². The van der Waals surface area contributed by atoms with Crippen LogP contribution in [0.15, 0.2) is 152 Å². The van der Waals surface area contributed by atoms with E-state index < -0.39 is 0 Å². The summed E-state index contributed by atoms with van der Waals surface area (Å²) in [5, 5.41) is 2.23. The molecule has 0 saturated carbocycles. The van der Waals surface area contributed by atoms with Crippen LogP contribution in [-0.4, -0.2) is 9.55 Å². The van der Waals surface area contributed by atoms with Crippen LogP contribution in [0, 0.1) is 32.6 Å². The number of benzene rings is 7. The van der Waals surface area contributed by atoms with E-state index in [9.17, 15) is 0 Å². The molecule has 9 aromatic rings. The molecule has 0 aliphatic carbocycles. The molecule has 1 saturated heterocycles. The van der Waals surface area contributed by atoms with E-state index in [1.165, 1.54) is 61.6 Å². The number of ether oxygens (including phenoxy) is 1. The molecule has 1 unspecified atom stereocenters.